The normalized spacial score (nSPS) is 33.0. The van der Waals surface area contributed by atoms with Crippen LogP contribution in [0.1, 0.15) is 40.0 Å². The van der Waals surface area contributed by atoms with E-state index in [1.54, 1.807) is 0 Å². The van der Waals surface area contributed by atoms with E-state index in [1.165, 1.54) is 52.0 Å². The van der Waals surface area contributed by atoms with Gasteiger partial charge in [0.2, 0.25) is 0 Å². The quantitative estimate of drug-likeness (QED) is 0.726. The van der Waals surface area contributed by atoms with E-state index >= 15 is 0 Å². The molecule has 2 heterocycles. The van der Waals surface area contributed by atoms with Crippen molar-refractivity contribution in [3.8, 4) is 0 Å². The number of rotatable bonds is 3. The summed E-state index contributed by atoms with van der Waals surface area (Å²) < 4.78 is 0. The van der Waals surface area contributed by atoms with E-state index in [9.17, 15) is 0 Å². The topological polar surface area (TPSA) is 6.48 Å². The van der Waals surface area contributed by atoms with Crippen LogP contribution in [0.25, 0.3) is 0 Å². The maximum atomic E-state index is 2.69. The molecule has 2 unspecified atom stereocenters. The van der Waals surface area contributed by atoms with Crippen molar-refractivity contribution in [3.05, 3.63) is 0 Å². The molecule has 2 saturated heterocycles. The molecule has 0 amide bonds. The number of hydrogen-bond donors (Lipinski definition) is 0. The molecule has 16 heavy (non-hydrogen) atoms. The fourth-order valence-electron chi connectivity index (χ4n) is 3.44. The van der Waals surface area contributed by atoms with Gasteiger partial charge in [0.15, 0.2) is 0 Å². The van der Waals surface area contributed by atoms with E-state index in [-0.39, 0.29) is 0 Å². The molecule has 0 spiro atoms. The van der Waals surface area contributed by atoms with Crippen molar-refractivity contribution in [1.29, 1.82) is 0 Å². The summed E-state index contributed by atoms with van der Waals surface area (Å²) in [6.07, 6.45) is 4.19. The van der Waals surface area contributed by atoms with E-state index < -0.39 is 0 Å². The zero-order valence-electron chi connectivity index (χ0n) is 11.3. The summed E-state index contributed by atoms with van der Waals surface area (Å²) in [6, 6.07) is 0.745. The number of nitrogens with zero attached hydrogens (tertiary/aromatic N) is 2. The lowest BCUT2D eigenvalue weighted by molar-refractivity contribution is 0.0304. The minimum Gasteiger partial charge on any atom is -0.303 e. The van der Waals surface area contributed by atoms with Crippen molar-refractivity contribution >= 4 is 0 Å². The van der Waals surface area contributed by atoms with Crippen LogP contribution < -0.4 is 0 Å². The van der Waals surface area contributed by atoms with Gasteiger partial charge in [-0.1, -0.05) is 6.92 Å². The van der Waals surface area contributed by atoms with E-state index in [0.29, 0.717) is 0 Å². The highest BCUT2D eigenvalue weighted by atomic mass is 15.2. The molecule has 0 aromatic rings. The van der Waals surface area contributed by atoms with Crippen molar-refractivity contribution in [2.75, 3.05) is 32.7 Å². The Balaban J connectivity index is 1.85. The molecule has 0 aliphatic carbocycles. The first-order valence-electron chi connectivity index (χ1n) is 7.17. The molecule has 0 aromatic carbocycles. The molecule has 2 rings (SSSR count). The Labute approximate surface area is 101 Å². The fourth-order valence-corrected chi connectivity index (χ4v) is 3.44. The highest BCUT2D eigenvalue weighted by Crippen LogP contribution is 2.31. The minimum absolute atomic E-state index is 0.745. The summed E-state index contributed by atoms with van der Waals surface area (Å²) in [5, 5.41) is 0. The first-order valence-corrected chi connectivity index (χ1v) is 7.17. The van der Waals surface area contributed by atoms with Gasteiger partial charge >= 0.3 is 0 Å². The molecule has 0 bridgehead atoms. The van der Waals surface area contributed by atoms with Crippen molar-refractivity contribution in [1.82, 2.24) is 9.80 Å². The first kappa shape index (κ1) is 12.4. The van der Waals surface area contributed by atoms with Gasteiger partial charge < -0.3 is 9.80 Å². The Bertz CT molecular complexity index is 215. The zero-order valence-corrected chi connectivity index (χ0v) is 11.3. The second kappa shape index (κ2) is 5.50. The maximum absolute atomic E-state index is 2.69. The smallest absolute Gasteiger partial charge is 0.00387 e. The van der Waals surface area contributed by atoms with Gasteiger partial charge in [0, 0.05) is 19.1 Å². The molecular formula is C14H28N2. The standard InChI is InChI=1S/C14H28N2/c1-4-7-15-8-5-14-11-16(12(2)3)9-6-13(14)10-15/h12-14H,4-11H2,1-3H3. The van der Waals surface area contributed by atoms with Gasteiger partial charge in [-0.15, -0.1) is 0 Å². The van der Waals surface area contributed by atoms with E-state index in [1.807, 2.05) is 0 Å². The average Bonchev–Trinajstić information content (AvgIpc) is 2.28. The van der Waals surface area contributed by atoms with Crippen LogP contribution in [0, 0.1) is 11.8 Å². The van der Waals surface area contributed by atoms with E-state index in [2.05, 4.69) is 30.6 Å². The summed E-state index contributed by atoms with van der Waals surface area (Å²) in [5.41, 5.74) is 0. The highest BCUT2D eigenvalue weighted by Gasteiger charge is 2.34. The Hall–Kier alpha value is -0.0800. The third-order valence-electron chi connectivity index (χ3n) is 4.50. The van der Waals surface area contributed by atoms with Gasteiger partial charge in [-0.05, 0) is 64.6 Å². The molecule has 2 aliphatic rings. The highest BCUT2D eigenvalue weighted by molar-refractivity contribution is 4.87. The van der Waals surface area contributed by atoms with Crippen molar-refractivity contribution in [2.24, 2.45) is 11.8 Å². The molecule has 94 valence electrons. The Morgan fingerprint density at radius 2 is 1.75 bits per heavy atom. The lowest BCUT2D eigenvalue weighted by Gasteiger charge is -2.46. The number of hydrogen-bond acceptors (Lipinski definition) is 2. The molecule has 2 fully saturated rings. The monoisotopic (exact) mass is 224 g/mol. The predicted octanol–water partition coefficient (Wildman–Crippen LogP) is 2.45. The molecule has 2 nitrogen and oxygen atoms in total. The van der Waals surface area contributed by atoms with Gasteiger partial charge in [-0.3, -0.25) is 0 Å². The third kappa shape index (κ3) is 2.78. The van der Waals surface area contributed by atoms with Crippen molar-refractivity contribution < 1.29 is 0 Å². The molecule has 0 N–H and O–H groups in total. The molecule has 0 aromatic heterocycles. The third-order valence-corrected chi connectivity index (χ3v) is 4.50. The Kier molecular flexibility index (Phi) is 4.26. The maximum Gasteiger partial charge on any atom is 0.00387 e. The number of fused-ring (bicyclic) bond motifs is 1. The Morgan fingerprint density at radius 1 is 1.06 bits per heavy atom. The van der Waals surface area contributed by atoms with E-state index in [4.69, 9.17) is 0 Å². The van der Waals surface area contributed by atoms with Crippen LogP contribution in [0.15, 0.2) is 0 Å². The molecule has 0 radical (unpaired) electrons. The van der Waals surface area contributed by atoms with Crippen molar-refractivity contribution in [3.63, 3.8) is 0 Å². The molecular weight excluding hydrogens is 196 g/mol. The van der Waals surface area contributed by atoms with Crippen LogP contribution in [0.3, 0.4) is 0 Å². The van der Waals surface area contributed by atoms with Gasteiger partial charge in [0.25, 0.3) is 0 Å². The van der Waals surface area contributed by atoms with Crippen LogP contribution in [-0.4, -0.2) is 48.6 Å². The molecule has 2 atom stereocenters. The van der Waals surface area contributed by atoms with Crippen LogP contribution in [0.2, 0.25) is 0 Å². The summed E-state index contributed by atoms with van der Waals surface area (Å²) in [4.78, 5) is 5.36. The van der Waals surface area contributed by atoms with E-state index in [0.717, 1.165) is 17.9 Å². The summed E-state index contributed by atoms with van der Waals surface area (Å²) in [7, 11) is 0. The average molecular weight is 224 g/mol. The predicted molar refractivity (Wildman–Crippen MR) is 69.7 cm³/mol. The Morgan fingerprint density at radius 3 is 2.44 bits per heavy atom. The zero-order chi connectivity index (χ0) is 11.5. The SMILES string of the molecule is CCCN1CCC2CN(C(C)C)CCC2C1. The fraction of sp³-hybridized carbons (Fsp3) is 1.00. The lowest BCUT2D eigenvalue weighted by Crippen LogP contribution is -2.51. The largest absolute Gasteiger partial charge is 0.303 e. The molecule has 2 aliphatic heterocycles. The molecule has 0 saturated carbocycles. The lowest BCUT2D eigenvalue weighted by atomic mass is 9.80. The van der Waals surface area contributed by atoms with Gasteiger partial charge in [0.05, 0.1) is 0 Å². The first-order chi connectivity index (χ1) is 7.70. The number of piperidine rings is 2. The summed E-state index contributed by atoms with van der Waals surface area (Å²) >= 11 is 0. The second-order valence-corrected chi connectivity index (χ2v) is 5.99. The minimum atomic E-state index is 0.745. The van der Waals surface area contributed by atoms with Gasteiger partial charge in [0.1, 0.15) is 0 Å². The van der Waals surface area contributed by atoms with Gasteiger partial charge in [-0.25, -0.2) is 0 Å². The van der Waals surface area contributed by atoms with Crippen LogP contribution >= 0.6 is 0 Å². The van der Waals surface area contributed by atoms with Gasteiger partial charge in [-0.2, -0.15) is 0 Å². The summed E-state index contributed by atoms with van der Waals surface area (Å²) in [6.45, 7) is 13.7. The van der Waals surface area contributed by atoms with Crippen LogP contribution in [0.5, 0.6) is 0 Å². The van der Waals surface area contributed by atoms with Crippen molar-refractivity contribution in [2.45, 2.75) is 46.1 Å². The summed E-state index contributed by atoms with van der Waals surface area (Å²) in [5.74, 6) is 1.99. The molecule has 2 heteroatoms. The van der Waals surface area contributed by atoms with Crippen LogP contribution in [-0.2, 0) is 0 Å². The second-order valence-electron chi connectivity index (χ2n) is 5.99. The van der Waals surface area contributed by atoms with Crippen LogP contribution in [0.4, 0.5) is 0 Å². The number of likely N-dealkylation sites (tertiary alicyclic amines) is 2.